The quantitative estimate of drug-likeness (QED) is 0.721. The molecule has 0 aliphatic carbocycles. The highest BCUT2D eigenvalue weighted by molar-refractivity contribution is 5.22. The number of benzene rings is 1. The molecule has 2 heteroatoms. The molecule has 88 valence electrons. The fourth-order valence-electron chi connectivity index (χ4n) is 1.72. The molecule has 1 fully saturated rings. The summed E-state index contributed by atoms with van der Waals surface area (Å²) in [5.74, 6) is 0. The Kier molecular flexibility index (Phi) is 3.04. The molecular formula is C14H20O2. The molecule has 0 aromatic heterocycles. The van der Waals surface area contributed by atoms with Crippen LogP contribution < -0.4 is 0 Å². The summed E-state index contributed by atoms with van der Waals surface area (Å²) in [5.41, 5.74) is 2.46. The van der Waals surface area contributed by atoms with Crippen molar-refractivity contribution >= 4 is 0 Å². The van der Waals surface area contributed by atoms with Crippen molar-refractivity contribution in [1.29, 1.82) is 0 Å². The third-order valence-corrected chi connectivity index (χ3v) is 3.38. The van der Waals surface area contributed by atoms with Gasteiger partial charge in [0.05, 0.1) is 12.7 Å². The molecule has 0 bridgehead atoms. The van der Waals surface area contributed by atoms with Crippen LogP contribution in [-0.2, 0) is 9.47 Å². The van der Waals surface area contributed by atoms with Crippen LogP contribution in [0.1, 0.15) is 38.2 Å². The average Bonchev–Trinajstić information content (AvgIpc) is 2.24. The van der Waals surface area contributed by atoms with Gasteiger partial charge in [0.15, 0.2) is 6.29 Å². The smallest absolute Gasteiger partial charge is 0.184 e. The second kappa shape index (κ2) is 4.19. The van der Waals surface area contributed by atoms with E-state index in [4.69, 9.17) is 9.47 Å². The van der Waals surface area contributed by atoms with E-state index < -0.39 is 0 Å². The molecule has 1 aromatic carbocycles. The van der Waals surface area contributed by atoms with E-state index in [1.807, 2.05) is 0 Å². The molecule has 0 N–H and O–H groups in total. The highest BCUT2D eigenvalue weighted by atomic mass is 16.7. The lowest BCUT2D eigenvalue weighted by molar-refractivity contribution is -0.259. The van der Waals surface area contributed by atoms with Crippen molar-refractivity contribution in [2.75, 3.05) is 6.61 Å². The zero-order chi connectivity index (χ0) is 11.8. The zero-order valence-electron chi connectivity index (χ0n) is 10.5. The molecule has 16 heavy (non-hydrogen) atoms. The molecule has 2 atom stereocenters. The SMILES string of the molecule is Cc1ccc(C2OCC(C)(C)C(C)O2)cc1. The fourth-order valence-corrected chi connectivity index (χ4v) is 1.72. The lowest BCUT2D eigenvalue weighted by Crippen LogP contribution is -2.40. The van der Waals surface area contributed by atoms with Gasteiger partial charge in [-0.05, 0) is 13.8 Å². The molecule has 1 aliphatic rings. The minimum Gasteiger partial charge on any atom is -0.348 e. The largest absolute Gasteiger partial charge is 0.348 e. The van der Waals surface area contributed by atoms with E-state index in [2.05, 4.69) is 52.0 Å². The van der Waals surface area contributed by atoms with Crippen LogP contribution in [0.2, 0.25) is 0 Å². The normalized spacial score (nSPS) is 29.0. The fraction of sp³-hybridized carbons (Fsp3) is 0.571. The van der Waals surface area contributed by atoms with Gasteiger partial charge in [-0.15, -0.1) is 0 Å². The molecule has 1 aromatic rings. The Hall–Kier alpha value is -0.860. The Morgan fingerprint density at radius 2 is 1.81 bits per heavy atom. The minimum atomic E-state index is -0.205. The number of ether oxygens (including phenoxy) is 2. The first-order valence-corrected chi connectivity index (χ1v) is 5.83. The van der Waals surface area contributed by atoms with Gasteiger partial charge in [-0.3, -0.25) is 0 Å². The second-order valence-corrected chi connectivity index (χ2v) is 5.32. The second-order valence-electron chi connectivity index (χ2n) is 5.32. The number of rotatable bonds is 1. The predicted octanol–water partition coefficient (Wildman–Crippen LogP) is 3.46. The molecule has 0 spiro atoms. The first kappa shape index (κ1) is 11.6. The molecule has 0 radical (unpaired) electrons. The van der Waals surface area contributed by atoms with E-state index in [9.17, 15) is 0 Å². The summed E-state index contributed by atoms with van der Waals surface area (Å²) >= 11 is 0. The lowest BCUT2D eigenvalue weighted by Gasteiger charge is -2.40. The maximum Gasteiger partial charge on any atom is 0.184 e. The van der Waals surface area contributed by atoms with Crippen molar-refractivity contribution in [1.82, 2.24) is 0 Å². The summed E-state index contributed by atoms with van der Waals surface area (Å²) < 4.78 is 11.7. The van der Waals surface area contributed by atoms with E-state index >= 15 is 0 Å². The summed E-state index contributed by atoms with van der Waals surface area (Å²) in [4.78, 5) is 0. The van der Waals surface area contributed by atoms with Gasteiger partial charge in [-0.1, -0.05) is 43.7 Å². The van der Waals surface area contributed by atoms with E-state index in [-0.39, 0.29) is 17.8 Å². The Balaban J connectivity index is 2.10. The lowest BCUT2D eigenvalue weighted by atomic mass is 9.87. The molecule has 2 rings (SSSR count). The van der Waals surface area contributed by atoms with Gasteiger partial charge >= 0.3 is 0 Å². The molecular weight excluding hydrogens is 200 g/mol. The molecule has 1 aliphatic heterocycles. The van der Waals surface area contributed by atoms with Crippen molar-refractivity contribution in [3.8, 4) is 0 Å². The van der Waals surface area contributed by atoms with Crippen molar-refractivity contribution in [3.63, 3.8) is 0 Å². The topological polar surface area (TPSA) is 18.5 Å². The maximum atomic E-state index is 5.91. The van der Waals surface area contributed by atoms with Crippen molar-refractivity contribution in [2.24, 2.45) is 5.41 Å². The number of hydrogen-bond acceptors (Lipinski definition) is 2. The van der Waals surface area contributed by atoms with Crippen LogP contribution in [-0.4, -0.2) is 12.7 Å². The Labute approximate surface area is 97.6 Å². The van der Waals surface area contributed by atoms with Gasteiger partial charge in [0.2, 0.25) is 0 Å². The summed E-state index contributed by atoms with van der Waals surface area (Å²) in [6.07, 6.45) is 0.0104. The first-order chi connectivity index (χ1) is 7.49. The van der Waals surface area contributed by atoms with Gasteiger partial charge in [0, 0.05) is 11.0 Å². The summed E-state index contributed by atoms with van der Waals surface area (Å²) in [6.45, 7) is 9.28. The van der Waals surface area contributed by atoms with Gasteiger partial charge in [0.25, 0.3) is 0 Å². The summed E-state index contributed by atoms with van der Waals surface area (Å²) in [7, 11) is 0. The standard InChI is InChI=1S/C14H20O2/c1-10-5-7-12(8-6-10)13-15-9-14(3,4)11(2)16-13/h5-8,11,13H,9H2,1-4H3. The Morgan fingerprint density at radius 3 is 2.38 bits per heavy atom. The summed E-state index contributed by atoms with van der Waals surface area (Å²) in [5, 5.41) is 0. The van der Waals surface area contributed by atoms with Gasteiger partial charge < -0.3 is 9.47 Å². The number of aryl methyl sites for hydroxylation is 1. The third kappa shape index (κ3) is 2.28. The minimum absolute atomic E-state index is 0.0984. The Bertz CT molecular complexity index is 354. The zero-order valence-corrected chi connectivity index (χ0v) is 10.5. The van der Waals surface area contributed by atoms with Crippen LogP contribution in [0.3, 0.4) is 0 Å². The molecule has 0 amide bonds. The van der Waals surface area contributed by atoms with Crippen molar-refractivity contribution < 1.29 is 9.47 Å². The van der Waals surface area contributed by atoms with E-state index in [0.717, 1.165) is 12.2 Å². The monoisotopic (exact) mass is 220 g/mol. The van der Waals surface area contributed by atoms with Crippen LogP contribution in [0.4, 0.5) is 0 Å². The number of hydrogen-bond donors (Lipinski definition) is 0. The third-order valence-electron chi connectivity index (χ3n) is 3.38. The van der Waals surface area contributed by atoms with Crippen LogP contribution >= 0.6 is 0 Å². The molecule has 1 saturated heterocycles. The molecule has 1 heterocycles. The van der Waals surface area contributed by atoms with Crippen LogP contribution in [0.15, 0.2) is 24.3 Å². The maximum absolute atomic E-state index is 5.91. The van der Waals surface area contributed by atoms with E-state index in [0.29, 0.717) is 0 Å². The average molecular weight is 220 g/mol. The highest BCUT2D eigenvalue weighted by Crippen LogP contribution is 2.35. The van der Waals surface area contributed by atoms with Crippen molar-refractivity contribution in [3.05, 3.63) is 35.4 Å². The predicted molar refractivity (Wildman–Crippen MR) is 64.2 cm³/mol. The van der Waals surface area contributed by atoms with Crippen LogP contribution in [0.25, 0.3) is 0 Å². The summed E-state index contributed by atoms with van der Waals surface area (Å²) in [6, 6.07) is 8.33. The van der Waals surface area contributed by atoms with E-state index in [1.165, 1.54) is 5.56 Å². The van der Waals surface area contributed by atoms with Gasteiger partial charge in [0.1, 0.15) is 0 Å². The molecule has 2 nitrogen and oxygen atoms in total. The van der Waals surface area contributed by atoms with Gasteiger partial charge in [-0.2, -0.15) is 0 Å². The Morgan fingerprint density at radius 1 is 1.19 bits per heavy atom. The van der Waals surface area contributed by atoms with Crippen molar-refractivity contribution in [2.45, 2.75) is 40.1 Å². The first-order valence-electron chi connectivity index (χ1n) is 5.83. The van der Waals surface area contributed by atoms with Crippen LogP contribution in [0, 0.1) is 12.3 Å². The van der Waals surface area contributed by atoms with Gasteiger partial charge in [-0.25, -0.2) is 0 Å². The molecule has 0 saturated carbocycles. The molecule has 2 unspecified atom stereocenters. The van der Waals surface area contributed by atoms with E-state index in [1.54, 1.807) is 0 Å². The highest BCUT2D eigenvalue weighted by Gasteiger charge is 2.35. The van der Waals surface area contributed by atoms with Crippen LogP contribution in [0.5, 0.6) is 0 Å².